The molecular formula is C21H19ClN2O5S. The molecule has 7 nitrogen and oxygen atoms in total. The molecule has 3 rings (SSSR count). The summed E-state index contributed by atoms with van der Waals surface area (Å²) in [5.74, 6) is 0.344. The quantitative estimate of drug-likeness (QED) is 0.624. The number of thioether (sulfide) groups is 1. The standard InChI is InChI=1S/C21H19ClN2O5S/c1-28-15-8-6-14(7-9-15)12-18-20(26)24(21(27)30-18)11-10-23-19(25)13-29-17-5-3-2-4-16(17)22/h2-9,12H,10-11,13H2,1H3,(H,23,25)/b18-12+. The van der Waals surface area contributed by atoms with Crippen molar-refractivity contribution in [2.45, 2.75) is 0 Å². The number of nitrogens with one attached hydrogen (secondary N) is 1. The van der Waals surface area contributed by atoms with Crippen molar-refractivity contribution in [3.05, 3.63) is 64.0 Å². The van der Waals surface area contributed by atoms with Crippen molar-refractivity contribution in [1.29, 1.82) is 0 Å². The Kier molecular flexibility index (Phi) is 7.37. The monoisotopic (exact) mass is 446 g/mol. The Hall–Kier alpha value is -2.97. The van der Waals surface area contributed by atoms with Gasteiger partial charge in [0.1, 0.15) is 11.5 Å². The maximum Gasteiger partial charge on any atom is 0.293 e. The lowest BCUT2D eigenvalue weighted by Gasteiger charge is -2.13. The van der Waals surface area contributed by atoms with Crippen molar-refractivity contribution in [3.63, 3.8) is 0 Å². The van der Waals surface area contributed by atoms with E-state index < -0.39 is 0 Å². The van der Waals surface area contributed by atoms with E-state index >= 15 is 0 Å². The average Bonchev–Trinajstić information content (AvgIpc) is 3.01. The van der Waals surface area contributed by atoms with Crippen LogP contribution in [0.3, 0.4) is 0 Å². The van der Waals surface area contributed by atoms with Gasteiger partial charge in [-0.1, -0.05) is 35.9 Å². The lowest BCUT2D eigenvalue weighted by Crippen LogP contribution is -2.38. The van der Waals surface area contributed by atoms with Gasteiger partial charge in [-0.25, -0.2) is 0 Å². The number of benzene rings is 2. The van der Waals surface area contributed by atoms with Crippen molar-refractivity contribution in [2.24, 2.45) is 0 Å². The van der Waals surface area contributed by atoms with Crippen molar-refractivity contribution in [1.82, 2.24) is 10.2 Å². The van der Waals surface area contributed by atoms with Crippen LogP contribution in [-0.4, -0.2) is 48.8 Å². The molecule has 1 saturated heterocycles. The van der Waals surface area contributed by atoms with E-state index in [4.69, 9.17) is 21.1 Å². The van der Waals surface area contributed by atoms with E-state index in [1.54, 1.807) is 61.7 Å². The summed E-state index contributed by atoms with van der Waals surface area (Å²) in [4.78, 5) is 38.0. The van der Waals surface area contributed by atoms with Gasteiger partial charge in [-0.3, -0.25) is 19.3 Å². The number of para-hydroxylation sites is 1. The first-order valence-electron chi connectivity index (χ1n) is 9.01. The molecule has 0 spiro atoms. The van der Waals surface area contributed by atoms with Gasteiger partial charge in [0.15, 0.2) is 6.61 Å². The summed E-state index contributed by atoms with van der Waals surface area (Å²) >= 11 is 6.83. The zero-order valence-electron chi connectivity index (χ0n) is 16.1. The van der Waals surface area contributed by atoms with Crippen molar-refractivity contribution >= 4 is 46.5 Å². The zero-order chi connectivity index (χ0) is 21.5. The van der Waals surface area contributed by atoms with E-state index in [9.17, 15) is 14.4 Å². The smallest absolute Gasteiger partial charge is 0.293 e. The van der Waals surface area contributed by atoms with E-state index in [2.05, 4.69) is 5.32 Å². The zero-order valence-corrected chi connectivity index (χ0v) is 17.7. The molecule has 2 aromatic carbocycles. The van der Waals surface area contributed by atoms with Crippen LogP contribution in [0.2, 0.25) is 5.02 Å². The van der Waals surface area contributed by atoms with Crippen LogP contribution in [0.5, 0.6) is 11.5 Å². The third-order valence-corrected chi connectivity index (χ3v) is 5.36. The number of halogens is 1. The largest absolute Gasteiger partial charge is 0.497 e. The number of hydrogen-bond acceptors (Lipinski definition) is 6. The van der Waals surface area contributed by atoms with Crippen LogP contribution < -0.4 is 14.8 Å². The van der Waals surface area contributed by atoms with Gasteiger partial charge >= 0.3 is 0 Å². The minimum atomic E-state index is -0.387. The Morgan fingerprint density at radius 1 is 1.17 bits per heavy atom. The van der Waals surface area contributed by atoms with Crippen molar-refractivity contribution in [3.8, 4) is 11.5 Å². The molecule has 0 aliphatic carbocycles. The number of hydrogen-bond donors (Lipinski definition) is 1. The molecule has 0 atom stereocenters. The van der Waals surface area contributed by atoms with Crippen LogP contribution in [0.4, 0.5) is 4.79 Å². The van der Waals surface area contributed by atoms with Crippen molar-refractivity contribution < 1.29 is 23.9 Å². The maximum atomic E-state index is 12.5. The van der Waals surface area contributed by atoms with Gasteiger partial charge < -0.3 is 14.8 Å². The molecule has 0 aromatic heterocycles. The molecule has 1 aliphatic rings. The second kappa shape index (κ2) is 10.2. The molecule has 2 aromatic rings. The van der Waals surface area contributed by atoms with Gasteiger partial charge in [-0.2, -0.15) is 0 Å². The molecule has 1 fully saturated rings. The number of amides is 3. The second-order valence-corrected chi connectivity index (χ2v) is 7.58. The van der Waals surface area contributed by atoms with Crippen LogP contribution in [0, 0.1) is 0 Å². The number of methoxy groups -OCH3 is 1. The third kappa shape index (κ3) is 5.55. The first kappa shape index (κ1) is 21.7. The molecule has 0 radical (unpaired) electrons. The summed E-state index contributed by atoms with van der Waals surface area (Å²) in [6, 6.07) is 14.0. The number of carbonyl (C=O) groups is 3. The van der Waals surface area contributed by atoms with Crippen LogP contribution in [0.25, 0.3) is 6.08 Å². The van der Waals surface area contributed by atoms with Crippen LogP contribution >= 0.6 is 23.4 Å². The Labute approximate surface area is 183 Å². The fraction of sp³-hybridized carbons (Fsp3) is 0.190. The molecule has 1 aliphatic heterocycles. The van der Waals surface area contributed by atoms with Gasteiger partial charge in [0.05, 0.1) is 17.0 Å². The van der Waals surface area contributed by atoms with Gasteiger partial charge in [-0.15, -0.1) is 0 Å². The van der Waals surface area contributed by atoms with E-state index in [-0.39, 0.29) is 36.7 Å². The Morgan fingerprint density at radius 2 is 1.90 bits per heavy atom. The van der Waals surface area contributed by atoms with E-state index in [1.807, 2.05) is 0 Å². The summed E-state index contributed by atoms with van der Waals surface area (Å²) in [5, 5.41) is 2.66. The Morgan fingerprint density at radius 3 is 2.60 bits per heavy atom. The van der Waals surface area contributed by atoms with E-state index in [0.717, 1.165) is 22.2 Å². The number of carbonyl (C=O) groups excluding carboxylic acids is 3. The molecule has 1 N–H and O–H groups in total. The fourth-order valence-corrected chi connectivity index (χ4v) is 3.66. The normalized spacial score (nSPS) is 14.9. The number of nitrogens with zero attached hydrogens (tertiary/aromatic N) is 1. The Bertz CT molecular complexity index is 978. The minimum absolute atomic E-state index is 0.0719. The first-order valence-corrected chi connectivity index (χ1v) is 10.2. The fourth-order valence-electron chi connectivity index (χ4n) is 2.61. The highest BCUT2D eigenvalue weighted by Gasteiger charge is 2.34. The maximum absolute atomic E-state index is 12.5. The molecule has 0 unspecified atom stereocenters. The Balaban J connectivity index is 1.48. The molecule has 30 heavy (non-hydrogen) atoms. The minimum Gasteiger partial charge on any atom is -0.497 e. The second-order valence-electron chi connectivity index (χ2n) is 6.18. The summed E-state index contributed by atoms with van der Waals surface area (Å²) in [5.41, 5.74) is 0.784. The SMILES string of the molecule is COc1ccc(/C=C2/SC(=O)N(CCNC(=O)COc3ccccc3Cl)C2=O)cc1. The van der Waals surface area contributed by atoms with Gasteiger partial charge in [0.2, 0.25) is 0 Å². The highest BCUT2D eigenvalue weighted by Crippen LogP contribution is 2.32. The lowest BCUT2D eigenvalue weighted by molar-refractivity contribution is -0.125. The van der Waals surface area contributed by atoms with Gasteiger partial charge in [0, 0.05) is 13.1 Å². The molecule has 0 saturated carbocycles. The van der Waals surface area contributed by atoms with Crippen LogP contribution in [0.15, 0.2) is 53.4 Å². The van der Waals surface area contributed by atoms with Crippen molar-refractivity contribution in [2.75, 3.05) is 26.8 Å². The van der Waals surface area contributed by atoms with Crippen LogP contribution in [-0.2, 0) is 9.59 Å². The molecule has 9 heteroatoms. The summed E-state index contributed by atoms with van der Waals surface area (Å²) < 4.78 is 10.5. The van der Waals surface area contributed by atoms with Crippen LogP contribution in [0.1, 0.15) is 5.56 Å². The molecule has 0 bridgehead atoms. The molecular weight excluding hydrogens is 428 g/mol. The summed E-state index contributed by atoms with van der Waals surface area (Å²) in [6.07, 6.45) is 1.65. The highest BCUT2D eigenvalue weighted by atomic mass is 35.5. The predicted octanol–water partition coefficient (Wildman–Crippen LogP) is 3.58. The molecule has 156 valence electrons. The first-order chi connectivity index (χ1) is 14.5. The molecule has 1 heterocycles. The predicted molar refractivity (Wildman–Crippen MR) is 116 cm³/mol. The van der Waals surface area contributed by atoms with E-state index in [0.29, 0.717) is 21.4 Å². The number of ether oxygens (including phenoxy) is 2. The number of rotatable bonds is 8. The average molecular weight is 447 g/mol. The lowest BCUT2D eigenvalue weighted by atomic mass is 10.2. The van der Waals surface area contributed by atoms with E-state index in [1.165, 1.54) is 0 Å². The summed E-state index contributed by atoms with van der Waals surface area (Å²) in [6.45, 7) is -0.0238. The summed E-state index contributed by atoms with van der Waals surface area (Å²) in [7, 11) is 1.57. The van der Waals surface area contributed by atoms with Gasteiger partial charge in [0.25, 0.3) is 17.1 Å². The third-order valence-electron chi connectivity index (χ3n) is 4.14. The highest BCUT2D eigenvalue weighted by molar-refractivity contribution is 8.18. The number of imide groups is 1. The molecule has 3 amide bonds. The topological polar surface area (TPSA) is 84.9 Å². The van der Waals surface area contributed by atoms with Gasteiger partial charge in [-0.05, 0) is 47.7 Å².